The summed E-state index contributed by atoms with van der Waals surface area (Å²) in [5.41, 5.74) is -2.05. The fourth-order valence-corrected chi connectivity index (χ4v) is 1.36. The molecule has 0 spiro atoms. The van der Waals surface area contributed by atoms with Crippen LogP contribution in [-0.4, -0.2) is 15.3 Å². The van der Waals surface area contributed by atoms with E-state index in [-0.39, 0.29) is 0 Å². The van der Waals surface area contributed by atoms with Gasteiger partial charge in [0.05, 0.1) is 0 Å². The van der Waals surface area contributed by atoms with Crippen LogP contribution in [0.2, 0.25) is 0 Å². The van der Waals surface area contributed by atoms with Gasteiger partial charge in [0.25, 0.3) is 0 Å². The third kappa shape index (κ3) is 3.76. The molecule has 0 saturated heterocycles. The van der Waals surface area contributed by atoms with Crippen LogP contribution in [0.4, 0.5) is 13.2 Å². The molecule has 0 aliphatic rings. The molecule has 0 radical (unpaired) electrons. The van der Waals surface area contributed by atoms with Gasteiger partial charge in [-0.1, -0.05) is 13.3 Å². The van der Waals surface area contributed by atoms with E-state index in [0.717, 1.165) is 17.2 Å². The first-order chi connectivity index (χ1) is 7.85. The molecule has 0 unspecified atom stereocenters. The van der Waals surface area contributed by atoms with E-state index in [4.69, 9.17) is 0 Å². The Morgan fingerprint density at radius 2 is 1.65 bits per heavy atom. The Bertz CT molecular complexity index is 488. The van der Waals surface area contributed by atoms with Crippen molar-refractivity contribution in [3.05, 3.63) is 33.1 Å². The van der Waals surface area contributed by atoms with Gasteiger partial charge in [0.1, 0.15) is 6.54 Å². The van der Waals surface area contributed by atoms with Gasteiger partial charge < -0.3 is 9.13 Å². The normalized spacial score (nSPS) is 11.8. The van der Waals surface area contributed by atoms with E-state index < -0.39 is 23.8 Å². The lowest BCUT2D eigenvalue weighted by atomic mass is 10.3. The molecule has 17 heavy (non-hydrogen) atoms. The van der Waals surface area contributed by atoms with Gasteiger partial charge in [-0.25, -0.2) is 0 Å². The summed E-state index contributed by atoms with van der Waals surface area (Å²) in [6.07, 6.45) is -0.773. The molecule has 0 aromatic carbocycles. The SMILES string of the molecule is CCCCn1ccn(CC(F)(F)F)c(=O)c1=O. The minimum Gasteiger partial charge on any atom is -0.309 e. The van der Waals surface area contributed by atoms with Crippen LogP contribution in [0.5, 0.6) is 0 Å². The lowest BCUT2D eigenvalue weighted by molar-refractivity contribution is -0.141. The highest BCUT2D eigenvalue weighted by molar-refractivity contribution is 4.86. The van der Waals surface area contributed by atoms with E-state index in [0.29, 0.717) is 17.5 Å². The standard InChI is InChI=1S/C10H13F3N2O2/c1-2-3-4-14-5-6-15(7-10(11,12)13)9(17)8(14)16/h5-6H,2-4,7H2,1H3. The zero-order valence-corrected chi connectivity index (χ0v) is 9.33. The van der Waals surface area contributed by atoms with E-state index in [1.807, 2.05) is 6.92 Å². The number of aromatic nitrogens is 2. The average molecular weight is 250 g/mol. The fraction of sp³-hybridized carbons (Fsp3) is 0.600. The lowest BCUT2D eigenvalue weighted by Crippen LogP contribution is -2.42. The predicted octanol–water partition coefficient (Wildman–Crippen LogP) is 1.37. The molecular weight excluding hydrogens is 237 g/mol. The van der Waals surface area contributed by atoms with Gasteiger partial charge in [-0.15, -0.1) is 0 Å². The van der Waals surface area contributed by atoms with Gasteiger partial charge >= 0.3 is 17.3 Å². The van der Waals surface area contributed by atoms with E-state index in [9.17, 15) is 22.8 Å². The van der Waals surface area contributed by atoms with Gasteiger partial charge in [-0.2, -0.15) is 13.2 Å². The summed E-state index contributed by atoms with van der Waals surface area (Å²) >= 11 is 0. The minimum atomic E-state index is -4.51. The second kappa shape index (κ2) is 5.20. The molecule has 0 amide bonds. The van der Waals surface area contributed by atoms with Crippen molar-refractivity contribution in [3.8, 4) is 0 Å². The molecule has 1 aromatic heterocycles. The molecule has 0 fully saturated rings. The first-order valence-electron chi connectivity index (χ1n) is 5.22. The van der Waals surface area contributed by atoms with E-state index in [1.54, 1.807) is 0 Å². The summed E-state index contributed by atoms with van der Waals surface area (Å²) in [6.45, 7) is 0.822. The Balaban J connectivity index is 3.03. The third-order valence-corrected chi connectivity index (χ3v) is 2.23. The highest BCUT2D eigenvalue weighted by Gasteiger charge is 2.28. The number of hydrogen-bond acceptors (Lipinski definition) is 2. The zero-order chi connectivity index (χ0) is 13.1. The minimum absolute atomic E-state index is 0.345. The van der Waals surface area contributed by atoms with Crippen LogP contribution in [-0.2, 0) is 13.1 Å². The van der Waals surface area contributed by atoms with Crippen LogP contribution >= 0.6 is 0 Å². The molecule has 0 N–H and O–H groups in total. The van der Waals surface area contributed by atoms with Crippen LogP contribution in [0.25, 0.3) is 0 Å². The molecule has 0 atom stereocenters. The summed E-state index contributed by atoms with van der Waals surface area (Å²) in [6, 6.07) is 0. The van der Waals surface area contributed by atoms with Gasteiger partial charge in [0.2, 0.25) is 0 Å². The Labute approximate surface area is 95.3 Å². The summed E-state index contributed by atoms with van der Waals surface area (Å²) in [5, 5.41) is 0. The van der Waals surface area contributed by atoms with Crippen molar-refractivity contribution in [2.45, 2.75) is 39.0 Å². The Kier molecular flexibility index (Phi) is 4.14. The molecule has 7 heteroatoms. The Morgan fingerprint density at radius 3 is 2.18 bits per heavy atom. The van der Waals surface area contributed by atoms with Crippen molar-refractivity contribution < 1.29 is 13.2 Å². The summed E-state index contributed by atoms with van der Waals surface area (Å²) < 4.78 is 37.8. The van der Waals surface area contributed by atoms with Gasteiger partial charge in [0, 0.05) is 18.9 Å². The van der Waals surface area contributed by atoms with E-state index in [2.05, 4.69) is 0 Å². The van der Waals surface area contributed by atoms with Crippen molar-refractivity contribution in [1.29, 1.82) is 0 Å². The number of aryl methyl sites for hydroxylation is 1. The molecule has 0 bridgehead atoms. The van der Waals surface area contributed by atoms with Crippen LogP contribution in [0.3, 0.4) is 0 Å². The second-order valence-electron chi connectivity index (χ2n) is 3.70. The van der Waals surface area contributed by atoms with Crippen LogP contribution < -0.4 is 11.1 Å². The summed E-state index contributed by atoms with van der Waals surface area (Å²) in [7, 11) is 0. The molecule has 0 aliphatic heterocycles. The zero-order valence-electron chi connectivity index (χ0n) is 9.33. The quantitative estimate of drug-likeness (QED) is 0.757. The number of nitrogens with zero attached hydrogens (tertiary/aromatic N) is 2. The molecule has 0 aliphatic carbocycles. The maximum Gasteiger partial charge on any atom is 0.406 e. The van der Waals surface area contributed by atoms with Crippen LogP contribution in [0.1, 0.15) is 19.8 Å². The predicted molar refractivity (Wildman–Crippen MR) is 55.9 cm³/mol. The Morgan fingerprint density at radius 1 is 1.12 bits per heavy atom. The molecule has 1 aromatic rings. The molecule has 96 valence electrons. The van der Waals surface area contributed by atoms with Crippen molar-refractivity contribution in [3.63, 3.8) is 0 Å². The van der Waals surface area contributed by atoms with Gasteiger partial charge in [-0.3, -0.25) is 9.59 Å². The molecule has 1 rings (SSSR count). The van der Waals surface area contributed by atoms with Crippen LogP contribution in [0.15, 0.2) is 22.0 Å². The summed E-state index contributed by atoms with van der Waals surface area (Å²) in [5.74, 6) is 0. The average Bonchev–Trinajstić information content (AvgIpc) is 2.22. The molecule has 0 saturated carbocycles. The van der Waals surface area contributed by atoms with Crippen molar-refractivity contribution in [2.24, 2.45) is 0 Å². The third-order valence-electron chi connectivity index (χ3n) is 2.23. The molecule has 4 nitrogen and oxygen atoms in total. The maximum absolute atomic E-state index is 12.1. The van der Waals surface area contributed by atoms with Crippen LogP contribution in [0, 0.1) is 0 Å². The molecule has 1 heterocycles. The fourth-order valence-electron chi connectivity index (χ4n) is 1.36. The number of alkyl halides is 3. The first kappa shape index (κ1) is 13.5. The lowest BCUT2D eigenvalue weighted by Gasteiger charge is -2.10. The van der Waals surface area contributed by atoms with E-state index >= 15 is 0 Å². The smallest absolute Gasteiger partial charge is 0.309 e. The Hall–Kier alpha value is -1.53. The summed E-state index contributed by atoms with van der Waals surface area (Å²) in [4.78, 5) is 22.8. The van der Waals surface area contributed by atoms with E-state index in [1.165, 1.54) is 6.20 Å². The highest BCUT2D eigenvalue weighted by atomic mass is 19.4. The number of hydrogen-bond donors (Lipinski definition) is 0. The first-order valence-corrected chi connectivity index (χ1v) is 5.22. The highest BCUT2D eigenvalue weighted by Crippen LogP contribution is 2.15. The van der Waals surface area contributed by atoms with Crippen molar-refractivity contribution in [2.75, 3.05) is 0 Å². The topological polar surface area (TPSA) is 44.0 Å². The van der Waals surface area contributed by atoms with Crippen molar-refractivity contribution >= 4 is 0 Å². The number of rotatable bonds is 4. The molecular formula is C10H13F3N2O2. The van der Waals surface area contributed by atoms with Gasteiger partial charge in [0.15, 0.2) is 0 Å². The second-order valence-corrected chi connectivity index (χ2v) is 3.70. The monoisotopic (exact) mass is 250 g/mol. The number of halogens is 3. The maximum atomic E-state index is 12.1. The van der Waals surface area contributed by atoms with Crippen molar-refractivity contribution in [1.82, 2.24) is 9.13 Å². The largest absolute Gasteiger partial charge is 0.406 e. The van der Waals surface area contributed by atoms with Gasteiger partial charge in [-0.05, 0) is 6.42 Å². The number of unbranched alkanes of at least 4 members (excludes halogenated alkanes) is 1.